The van der Waals surface area contributed by atoms with Crippen LogP contribution in [0.15, 0.2) is 133 Å². The number of hydrogen-bond donors (Lipinski definition) is 1. The topological polar surface area (TPSA) is 40.5 Å². The Labute approximate surface area is 209 Å². The number of carboxylic acid groups (broad SMARTS) is 1. The van der Waals surface area contributed by atoms with Gasteiger partial charge in [-0.2, -0.15) is 0 Å². The van der Waals surface area contributed by atoms with Gasteiger partial charge in [0, 0.05) is 16.8 Å². The second-order valence-electron chi connectivity index (χ2n) is 8.79. The standard InChI is InChI=1S/C33H23NO2/c35-33(36)27-14-12-24(13-15-27)25-16-19-29(20-17-25)34(30-21-18-23-6-1-2-8-28(23)22-30)32-11-5-9-26-7-3-4-10-31(26)32/h1-22H,(H,35,36). The van der Waals surface area contributed by atoms with E-state index in [1.807, 2.05) is 12.1 Å². The predicted molar refractivity (Wildman–Crippen MR) is 149 cm³/mol. The molecule has 1 N–H and O–H groups in total. The lowest BCUT2D eigenvalue weighted by atomic mass is 10.0. The van der Waals surface area contributed by atoms with E-state index in [-0.39, 0.29) is 5.56 Å². The molecule has 0 aliphatic carbocycles. The van der Waals surface area contributed by atoms with Gasteiger partial charge >= 0.3 is 5.97 Å². The summed E-state index contributed by atoms with van der Waals surface area (Å²) in [6, 6.07) is 45.2. The van der Waals surface area contributed by atoms with E-state index in [1.54, 1.807) is 12.1 Å². The highest BCUT2D eigenvalue weighted by atomic mass is 16.4. The van der Waals surface area contributed by atoms with E-state index in [0.717, 1.165) is 28.2 Å². The SMILES string of the molecule is O=C(O)c1ccc(-c2ccc(N(c3ccc4ccccc4c3)c3cccc4ccccc34)cc2)cc1. The number of carbonyl (C=O) groups is 1. The Hall–Kier alpha value is -4.89. The molecule has 36 heavy (non-hydrogen) atoms. The van der Waals surface area contributed by atoms with Gasteiger partial charge < -0.3 is 10.0 Å². The summed E-state index contributed by atoms with van der Waals surface area (Å²) in [7, 11) is 0. The second kappa shape index (κ2) is 9.05. The molecule has 3 nitrogen and oxygen atoms in total. The van der Waals surface area contributed by atoms with Gasteiger partial charge in [0.2, 0.25) is 0 Å². The van der Waals surface area contributed by atoms with Crippen LogP contribution in [0.4, 0.5) is 17.1 Å². The zero-order chi connectivity index (χ0) is 24.5. The van der Waals surface area contributed by atoms with Gasteiger partial charge in [0.15, 0.2) is 0 Å². The fourth-order valence-corrected chi connectivity index (χ4v) is 4.75. The molecule has 6 rings (SSSR count). The molecule has 0 bridgehead atoms. The normalized spacial score (nSPS) is 11.0. The van der Waals surface area contributed by atoms with Crippen LogP contribution >= 0.6 is 0 Å². The fourth-order valence-electron chi connectivity index (χ4n) is 4.75. The van der Waals surface area contributed by atoms with Crippen LogP contribution in [0.25, 0.3) is 32.7 Å². The molecule has 0 aromatic heterocycles. The fraction of sp³-hybridized carbons (Fsp3) is 0. The Bertz CT molecular complexity index is 1700. The van der Waals surface area contributed by atoms with Gasteiger partial charge in [0.05, 0.1) is 11.3 Å². The molecule has 172 valence electrons. The average Bonchev–Trinajstić information content (AvgIpc) is 2.94. The van der Waals surface area contributed by atoms with Crippen molar-refractivity contribution in [3.8, 4) is 11.1 Å². The van der Waals surface area contributed by atoms with Crippen molar-refractivity contribution in [3.63, 3.8) is 0 Å². The van der Waals surface area contributed by atoms with Gasteiger partial charge in [-0.25, -0.2) is 4.79 Å². The molecule has 6 aromatic rings. The zero-order valence-electron chi connectivity index (χ0n) is 19.5. The van der Waals surface area contributed by atoms with Crippen LogP contribution in [0.3, 0.4) is 0 Å². The lowest BCUT2D eigenvalue weighted by Gasteiger charge is -2.27. The van der Waals surface area contributed by atoms with Crippen molar-refractivity contribution in [2.45, 2.75) is 0 Å². The molecular formula is C33H23NO2. The third-order valence-electron chi connectivity index (χ3n) is 6.59. The van der Waals surface area contributed by atoms with E-state index in [9.17, 15) is 9.90 Å². The molecule has 0 aliphatic rings. The highest BCUT2D eigenvalue weighted by molar-refractivity contribution is 6.00. The molecule has 0 heterocycles. The Kier molecular flexibility index (Phi) is 5.44. The maximum absolute atomic E-state index is 11.2. The van der Waals surface area contributed by atoms with E-state index >= 15 is 0 Å². The number of nitrogens with zero attached hydrogens (tertiary/aromatic N) is 1. The molecule has 6 aromatic carbocycles. The van der Waals surface area contributed by atoms with Crippen molar-refractivity contribution in [3.05, 3.63) is 139 Å². The van der Waals surface area contributed by atoms with Gasteiger partial charge in [0.1, 0.15) is 0 Å². The molecule has 0 aliphatic heterocycles. The summed E-state index contributed by atoms with van der Waals surface area (Å²) in [4.78, 5) is 13.5. The van der Waals surface area contributed by atoms with E-state index in [0.29, 0.717) is 0 Å². The highest BCUT2D eigenvalue weighted by Gasteiger charge is 2.16. The van der Waals surface area contributed by atoms with Crippen LogP contribution in [-0.4, -0.2) is 11.1 Å². The second-order valence-corrected chi connectivity index (χ2v) is 8.79. The summed E-state index contributed by atoms with van der Waals surface area (Å²) in [5.41, 5.74) is 5.55. The third kappa shape index (κ3) is 3.97. The highest BCUT2D eigenvalue weighted by Crippen LogP contribution is 2.40. The van der Waals surface area contributed by atoms with Crippen molar-refractivity contribution in [2.24, 2.45) is 0 Å². The van der Waals surface area contributed by atoms with Crippen molar-refractivity contribution < 1.29 is 9.90 Å². The first kappa shape index (κ1) is 21.6. The first-order valence-electron chi connectivity index (χ1n) is 11.9. The first-order valence-corrected chi connectivity index (χ1v) is 11.9. The Balaban J connectivity index is 1.48. The summed E-state index contributed by atoms with van der Waals surface area (Å²) < 4.78 is 0. The summed E-state index contributed by atoms with van der Waals surface area (Å²) in [6.07, 6.45) is 0. The predicted octanol–water partition coefficient (Wildman–Crippen LogP) is 8.83. The molecule has 0 spiro atoms. The van der Waals surface area contributed by atoms with Gasteiger partial charge in [-0.1, -0.05) is 91.0 Å². The first-order chi connectivity index (χ1) is 17.7. The van der Waals surface area contributed by atoms with Crippen LogP contribution in [0.2, 0.25) is 0 Å². The lowest BCUT2D eigenvalue weighted by Crippen LogP contribution is -2.10. The van der Waals surface area contributed by atoms with Crippen molar-refractivity contribution in [2.75, 3.05) is 4.90 Å². The molecule has 0 atom stereocenters. The molecule has 0 unspecified atom stereocenters. The number of carboxylic acids is 1. The number of fused-ring (bicyclic) bond motifs is 2. The molecular weight excluding hydrogens is 442 g/mol. The van der Waals surface area contributed by atoms with Gasteiger partial charge in [-0.05, 0) is 69.8 Å². The van der Waals surface area contributed by atoms with Crippen LogP contribution in [0.5, 0.6) is 0 Å². The number of anilines is 3. The van der Waals surface area contributed by atoms with Crippen LogP contribution in [0.1, 0.15) is 10.4 Å². The average molecular weight is 466 g/mol. The van der Waals surface area contributed by atoms with E-state index in [4.69, 9.17) is 0 Å². The quantitative estimate of drug-likeness (QED) is 0.276. The smallest absolute Gasteiger partial charge is 0.335 e. The lowest BCUT2D eigenvalue weighted by molar-refractivity contribution is 0.0697. The van der Waals surface area contributed by atoms with Crippen LogP contribution in [-0.2, 0) is 0 Å². The molecule has 0 amide bonds. The van der Waals surface area contributed by atoms with Gasteiger partial charge in [0.25, 0.3) is 0 Å². The minimum Gasteiger partial charge on any atom is -0.478 e. The molecule has 0 saturated carbocycles. The van der Waals surface area contributed by atoms with E-state index in [2.05, 4.69) is 114 Å². The van der Waals surface area contributed by atoms with E-state index in [1.165, 1.54) is 21.5 Å². The minimum atomic E-state index is -0.919. The Morgan fingerprint density at radius 2 is 1.11 bits per heavy atom. The molecule has 0 radical (unpaired) electrons. The van der Waals surface area contributed by atoms with Crippen LogP contribution < -0.4 is 4.90 Å². The van der Waals surface area contributed by atoms with Crippen LogP contribution in [0, 0.1) is 0 Å². The van der Waals surface area contributed by atoms with Crippen molar-refractivity contribution in [1.82, 2.24) is 0 Å². The van der Waals surface area contributed by atoms with Crippen molar-refractivity contribution in [1.29, 1.82) is 0 Å². The monoisotopic (exact) mass is 465 g/mol. The Morgan fingerprint density at radius 3 is 1.83 bits per heavy atom. The summed E-state index contributed by atoms with van der Waals surface area (Å²) in [5.74, 6) is -0.919. The van der Waals surface area contributed by atoms with Gasteiger partial charge in [-0.15, -0.1) is 0 Å². The van der Waals surface area contributed by atoms with Crippen molar-refractivity contribution >= 4 is 44.6 Å². The molecule has 0 fully saturated rings. The largest absolute Gasteiger partial charge is 0.478 e. The van der Waals surface area contributed by atoms with E-state index < -0.39 is 5.97 Å². The third-order valence-corrected chi connectivity index (χ3v) is 6.59. The minimum absolute atomic E-state index is 0.286. The number of hydrogen-bond acceptors (Lipinski definition) is 2. The number of aromatic carboxylic acids is 1. The number of rotatable bonds is 5. The summed E-state index contributed by atoms with van der Waals surface area (Å²) >= 11 is 0. The Morgan fingerprint density at radius 1 is 0.528 bits per heavy atom. The maximum Gasteiger partial charge on any atom is 0.335 e. The summed E-state index contributed by atoms with van der Waals surface area (Å²) in [6.45, 7) is 0. The number of benzene rings is 6. The zero-order valence-corrected chi connectivity index (χ0v) is 19.5. The molecule has 0 saturated heterocycles. The molecule has 3 heteroatoms. The van der Waals surface area contributed by atoms with Gasteiger partial charge in [-0.3, -0.25) is 0 Å². The summed E-state index contributed by atoms with van der Waals surface area (Å²) in [5, 5.41) is 14.0. The maximum atomic E-state index is 11.2.